The molecular formula is C16H17NO4. The summed E-state index contributed by atoms with van der Waals surface area (Å²) in [6.45, 7) is 2.79. The highest BCUT2D eigenvalue weighted by Crippen LogP contribution is 2.41. The Morgan fingerprint density at radius 1 is 1.24 bits per heavy atom. The molecule has 0 aliphatic carbocycles. The van der Waals surface area contributed by atoms with Crippen molar-refractivity contribution in [3.63, 3.8) is 0 Å². The summed E-state index contributed by atoms with van der Waals surface area (Å²) in [7, 11) is 1.61. The number of phenolic OH excluding ortho intramolecular Hbond substituents is 1. The van der Waals surface area contributed by atoms with Gasteiger partial charge in [0.25, 0.3) is 0 Å². The molecule has 0 saturated heterocycles. The highest BCUT2D eigenvalue weighted by Gasteiger charge is 2.19. The van der Waals surface area contributed by atoms with Gasteiger partial charge in [-0.25, -0.2) is 0 Å². The first kappa shape index (κ1) is 13.4. The van der Waals surface area contributed by atoms with Crippen LogP contribution < -0.4 is 19.5 Å². The number of hydrogen-bond donors (Lipinski definition) is 2. The highest BCUT2D eigenvalue weighted by atomic mass is 16.7. The Kier molecular flexibility index (Phi) is 3.48. The molecule has 3 rings (SSSR count). The average molecular weight is 287 g/mol. The van der Waals surface area contributed by atoms with Crippen molar-refractivity contribution < 1.29 is 19.3 Å². The molecular weight excluding hydrogens is 270 g/mol. The van der Waals surface area contributed by atoms with E-state index in [1.54, 1.807) is 19.2 Å². The molecule has 0 saturated carbocycles. The number of hydrogen-bond acceptors (Lipinski definition) is 5. The van der Waals surface area contributed by atoms with Crippen LogP contribution >= 0.6 is 0 Å². The quantitative estimate of drug-likeness (QED) is 0.846. The standard InChI is InChI=1S/C16H17NO4/c1-10-5-12(18)3-4-13(10)17-8-11-6-14(19-2)16-15(7-11)20-9-21-16/h3-7,17-18H,8-9H2,1-2H3. The van der Waals surface area contributed by atoms with Gasteiger partial charge in [0.05, 0.1) is 7.11 Å². The van der Waals surface area contributed by atoms with Crippen LogP contribution in [0, 0.1) is 6.92 Å². The summed E-state index contributed by atoms with van der Waals surface area (Å²) in [4.78, 5) is 0. The number of aryl methyl sites for hydroxylation is 1. The zero-order chi connectivity index (χ0) is 14.8. The van der Waals surface area contributed by atoms with E-state index in [-0.39, 0.29) is 12.5 Å². The molecule has 1 aliphatic rings. The number of nitrogens with one attached hydrogen (secondary N) is 1. The van der Waals surface area contributed by atoms with Crippen LogP contribution in [0.2, 0.25) is 0 Å². The van der Waals surface area contributed by atoms with Gasteiger partial charge in [-0.05, 0) is 48.4 Å². The lowest BCUT2D eigenvalue weighted by Gasteiger charge is -2.12. The number of rotatable bonds is 4. The van der Waals surface area contributed by atoms with Crippen LogP contribution in [0.3, 0.4) is 0 Å². The maximum Gasteiger partial charge on any atom is 0.231 e. The second-order valence-corrected chi connectivity index (χ2v) is 4.88. The van der Waals surface area contributed by atoms with Crippen molar-refractivity contribution in [2.75, 3.05) is 19.2 Å². The van der Waals surface area contributed by atoms with E-state index in [4.69, 9.17) is 14.2 Å². The van der Waals surface area contributed by atoms with Crippen LogP contribution in [0.4, 0.5) is 5.69 Å². The lowest BCUT2D eigenvalue weighted by atomic mass is 10.1. The number of methoxy groups -OCH3 is 1. The Bertz CT molecular complexity index is 670. The van der Waals surface area contributed by atoms with E-state index < -0.39 is 0 Å². The topological polar surface area (TPSA) is 60.0 Å². The van der Waals surface area contributed by atoms with Crippen molar-refractivity contribution in [2.24, 2.45) is 0 Å². The van der Waals surface area contributed by atoms with E-state index in [9.17, 15) is 5.11 Å². The minimum Gasteiger partial charge on any atom is -0.508 e. The summed E-state index contributed by atoms with van der Waals surface area (Å²) in [6, 6.07) is 9.11. The van der Waals surface area contributed by atoms with E-state index in [1.165, 1.54) is 0 Å². The Morgan fingerprint density at radius 2 is 2.10 bits per heavy atom. The van der Waals surface area contributed by atoms with Gasteiger partial charge in [-0.15, -0.1) is 0 Å². The minimum atomic E-state index is 0.222. The normalized spacial score (nSPS) is 12.3. The van der Waals surface area contributed by atoms with Crippen LogP contribution in [-0.2, 0) is 6.54 Å². The van der Waals surface area contributed by atoms with Crippen molar-refractivity contribution in [1.29, 1.82) is 0 Å². The molecule has 2 aromatic rings. The molecule has 0 fully saturated rings. The van der Waals surface area contributed by atoms with E-state index in [0.717, 1.165) is 16.8 Å². The number of benzene rings is 2. The van der Waals surface area contributed by atoms with Crippen LogP contribution in [0.1, 0.15) is 11.1 Å². The highest BCUT2D eigenvalue weighted by molar-refractivity contribution is 5.57. The number of fused-ring (bicyclic) bond motifs is 1. The van der Waals surface area contributed by atoms with Gasteiger partial charge in [0, 0.05) is 12.2 Å². The molecule has 0 unspecified atom stereocenters. The average Bonchev–Trinajstić information content (AvgIpc) is 2.93. The summed E-state index contributed by atoms with van der Waals surface area (Å²) in [5, 5.41) is 12.8. The molecule has 1 aliphatic heterocycles. The SMILES string of the molecule is COc1cc(CNc2ccc(O)cc2C)cc2c1OCO2. The second kappa shape index (κ2) is 5.44. The van der Waals surface area contributed by atoms with Gasteiger partial charge in [0.1, 0.15) is 5.75 Å². The van der Waals surface area contributed by atoms with E-state index >= 15 is 0 Å². The van der Waals surface area contributed by atoms with Crippen molar-refractivity contribution in [3.05, 3.63) is 41.5 Å². The van der Waals surface area contributed by atoms with Crippen molar-refractivity contribution >= 4 is 5.69 Å². The van der Waals surface area contributed by atoms with Gasteiger partial charge >= 0.3 is 0 Å². The van der Waals surface area contributed by atoms with Crippen LogP contribution in [0.15, 0.2) is 30.3 Å². The van der Waals surface area contributed by atoms with Crippen molar-refractivity contribution in [2.45, 2.75) is 13.5 Å². The second-order valence-electron chi connectivity index (χ2n) is 4.88. The zero-order valence-electron chi connectivity index (χ0n) is 12.0. The summed E-state index contributed by atoms with van der Waals surface area (Å²) < 4.78 is 16.1. The molecule has 5 nitrogen and oxygen atoms in total. The summed E-state index contributed by atoms with van der Waals surface area (Å²) in [5.41, 5.74) is 3.00. The predicted octanol–water partition coefficient (Wildman–Crippen LogP) is 3.05. The minimum absolute atomic E-state index is 0.222. The first-order valence-electron chi connectivity index (χ1n) is 6.67. The van der Waals surface area contributed by atoms with E-state index in [1.807, 2.05) is 25.1 Å². The molecule has 0 amide bonds. The molecule has 0 spiro atoms. The number of phenols is 1. The van der Waals surface area contributed by atoms with Crippen LogP contribution in [-0.4, -0.2) is 19.0 Å². The first-order chi connectivity index (χ1) is 10.2. The van der Waals surface area contributed by atoms with Crippen LogP contribution in [0.5, 0.6) is 23.0 Å². The third-order valence-electron chi connectivity index (χ3n) is 3.41. The van der Waals surface area contributed by atoms with Gasteiger partial charge in [0.15, 0.2) is 11.5 Å². The Balaban J connectivity index is 1.79. The van der Waals surface area contributed by atoms with E-state index in [0.29, 0.717) is 23.8 Å². The molecule has 1 heterocycles. The number of aromatic hydroxyl groups is 1. The van der Waals surface area contributed by atoms with Crippen molar-refractivity contribution in [3.8, 4) is 23.0 Å². The maximum absolute atomic E-state index is 9.42. The molecule has 110 valence electrons. The molecule has 0 atom stereocenters. The van der Waals surface area contributed by atoms with Crippen LogP contribution in [0.25, 0.3) is 0 Å². The Hall–Kier alpha value is -2.56. The maximum atomic E-state index is 9.42. The molecule has 5 heteroatoms. The first-order valence-corrected chi connectivity index (χ1v) is 6.67. The number of anilines is 1. The van der Waals surface area contributed by atoms with Gasteiger partial charge in [-0.3, -0.25) is 0 Å². The molecule has 21 heavy (non-hydrogen) atoms. The molecule has 2 N–H and O–H groups in total. The van der Waals surface area contributed by atoms with E-state index in [2.05, 4.69) is 5.32 Å². The monoisotopic (exact) mass is 287 g/mol. The largest absolute Gasteiger partial charge is 0.508 e. The zero-order valence-corrected chi connectivity index (χ0v) is 12.0. The van der Waals surface area contributed by atoms with Gasteiger partial charge in [-0.1, -0.05) is 0 Å². The fourth-order valence-corrected chi connectivity index (χ4v) is 2.33. The molecule has 0 bridgehead atoms. The molecule has 0 aromatic heterocycles. The smallest absolute Gasteiger partial charge is 0.231 e. The lowest BCUT2D eigenvalue weighted by Crippen LogP contribution is -2.01. The van der Waals surface area contributed by atoms with Gasteiger partial charge in [-0.2, -0.15) is 0 Å². The number of ether oxygens (including phenoxy) is 3. The fourth-order valence-electron chi connectivity index (χ4n) is 2.33. The van der Waals surface area contributed by atoms with Crippen molar-refractivity contribution in [1.82, 2.24) is 0 Å². The third kappa shape index (κ3) is 2.67. The van der Waals surface area contributed by atoms with Gasteiger partial charge < -0.3 is 24.6 Å². The Labute approximate surface area is 123 Å². The Morgan fingerprint density at radius 3 is 2.86 bits per heavy atom. The molecule has 0 radical (unpaired) electrons. The lowest BCUT2D eigenvalue weighted by molar-refractivity contribution is 0.171. The molecule has 2 aromatic carbocycles. The third-order valence-corrected chi connectivity index (χ3v) is 3.41. The summed E-state index contributed by atoms with van der Waals surface area (Å²) >= 11 is 0. The van der Waals surface area contributed by atoms with Gasteiger partial charge in [0.2, 0.25) is 12.5 Å². The summed E-state index contributed by atoms with van der Waals surface area (Å²) in [5.74, 6) is 2.29. The predicted molar refractivity (Wildman–Crippen MR) is 79.3 cm³/mol. The summed E-state index contributed by atoms with van der Waals surface area (Å²) in [6.07, 6.45) is 0. The fraction of sp³-hybridized carbons (Fsp3) is 0.250.